The van der Waals surface area contributed by atoms with E-state index in [0.717, 1.165) is 10.4 Å². The molecule has 13 heavy (non-hydrogen) atoms. The lowest BCUT2D eigenvalue weighted by molar-refractivity contribution is 0.122. The molecule has 1 aromatic heterocycles. The summed E-state index contributed by atoms with van der Waals surface area (Å²) >= 11 is 0. The number of nitrogen functional groups attached to an aromatic ring is 1. The molecule has 0 aliphatic rings. The summed E-state index contributed by atoms with van der Waals surface area (Å²) < 4.78 is 25.1. The minimum atomic E-state index is -2.41. The van der Waals surface area contributed by atoms with Gasteiger partial charge in [-0.25, -0.2) is 13.5 Å². The molecule has 0 unspecified atom stereocenters. The van der Waals surface area contributed by atoms with Crippen LogP contribution in [-0.2, 0) is 6.54 Å². The summed E-state index contributed by atoms with van der Waals surface area (Å²) in [5, 5.41) is 3.96. The molecule has 1 heterocycles. The normalized spacial score (nSPS) is 11.5. The number of nitrogens with zero attached hydrogens (tertiary/aromatic N) is 2. The SMILES string of the molecule is CC(C)c1cc(N)n(CC(F)F)n1. The predicted octanol–water partition coefficient (Wildman–Crippen LogP) is 1.85. The first-order valence-corrected chi connectivity index (χ1v) is 4.12. The van der Waals surface area contributed by atoms with E-state index in [1.807, 2.05) is 13.8 Å². The number of alkyl halides is 2. The van der Waals surface area contributed by atoms with Crippen LogP contribution in [0.25, 0.3) is 0 Å². The minimum absolute atomic E-state index is 0.209. The first-order chi connectivity index (χ1) is 6.00. The zero-order valence-corrected chi connectivity index (χ0v) is 7.67. The Kier molecular flexibility index (Phi) is 2.85. The van der Waals surface area contributed by atoms with Crippen molar-refractivity contribution in [3.05, 3.63) is 11.8 Å². The summed E-state index contributed by atoms with van der Waals surface area (Å²) in [6.07, 6.45) is -2.41. The van der Waals surface area contributed by atoms with Crippen LogP contribution in [0.5, 0.6) is 0 Å². The highest BCUT2D eigenvalue weighted by Crippen LogP contribution is 2.16. The van der Waals surface area contributed by atoms with Gasteiger partial charge in [0.15, 0.2) is 0 Å². The third kappa shape index (κ3) is 2.40. The van der Waals surface area contributed by atoms with Crippen molar-refractivity contribution in [3.8, 4) is 0 Å². The number of anilines is 1. The van der Waals surface area contributed by atoms with Crippen molar-refractivity contribution in [3.63, 3.8) is 0 Å². The fourth-order valence-electron chi connectivity index (χ4n) is 1.01. The Hall–Kier alpha value is -1.13. The molecule has 74 valence electrons. The summed E-state index contributed by atoms with van der Waals surface area (Å²) in [4.78, 5) is 0. The Morgan fingerprint density at radius 1 is 1.54 bits per heavy atom. The second kappa shape index (κ2) is 3.72. The van der Waals surface area contributed by atoms with Gasteiger partial charge in [-0.05, 0) is 5.92 Å². The van der Waals surface area contributed by atoms with E-state index in [0.29, 0.717) is 5.82 Å². The molecule has 3 nitrogen and oxygen atoms in total. The molecule has 0 spiro atoms. The smallest absolute Gasteiger partial charge is 0.258 e. The molecule has 0 fully saturated rings. The molecule has 5 heteroatoms. The van der Waals surface area contributed by atoms with Gasteiger partial charge in [-0.15, -0.1) is 0 Å². The Morgan fingerprint density at radius 2 is 2.15 bits per heavy atom. The monoisotopic (exact) mass is 189 g/mol. The molecule has 0 amide bonds. The molecule has 0 radical (unpaired) electrons. The van der Waals surface area contributed by atoms with Crippen LogP contribution in [0.3, 0.4) is 0 Å². The average Bonchev–Trinajstić information content (AvgIpc) is 2.31. The van der Waals surface area contributed by atoms with Gasteiger partial charge in [-0.3, -0.25) is 0 Å². The van der Waals surface area contributed by atoms with E-state index in [9.17, 15) is 8.78 Å². The van der Waals surface area contributed by atoms with Crippen molar-refractivity contribution < 1.29 is 8.78 Å². The highest BCUT2D eigenvalue weighted by molar-refractivity contribution is 5.31. The molecule has 0 saturated heterocycles. The van der Waals surface area contributed by atoms with E-state index in [1.165, 1.54) is 0 Å². The van der Waals surface area contributed by atoms with E-state index in [4.69, 9.17) is 5.73 Å². The maximum atomic E-state index is 12.0. The van der Waals surface area contributed by atoms with Gasteiger partial charge in [0.2, 0.25) is 0 Å². The second-order valence-electron chi connectivity index (χ2n) is 3.22. The lowest BCUT2D eigenvalue weighted by atomic mass is 10.1. The van der Waals surface area contributed by atoms with Crippen molar-refractivity contribution in [2.75, 3.05) is 5.73 Å². The maximum Gasteiger partial charge on any atom is 0.258 e. The quantitative estimate of drug-likeness (QED) is 0.788. The van der Waals surface area contributed by atoms with Crippen LogP contribution in [-0.4, -0.2) is 16.2 Å². The molecule has 0 saturated carbocycles. The van der Waals surface area contributed by atoms with Crippen LogP contribution in [0.4, 0.5) is 14.6 Å². The van der Waals surface area contributed by atoms with Crippen LogP contribution in [0.15, 0.2) is 6.07 Å². The summed E-state index contributed by atoms with van der Waals surface area (Å²) in [6, 6.07) is 1.63. The molecule has 1 rings (SSSR count). The molecule has 0 aromatic carbocycles. The molecule has 0 aliphatic carbocycles. The van der Waals surface area contributed by atoms with E-state index in [1.54, 1.807) is 6.07 Å². The van der Waals surface area contributed by atoms with E-state index in [-0.39, 0.29) is 5.92 Å². The Morgan fingerprint density at radius 3 is 2.54 bits per heavy atom. The lowest BCUT2D eigenvalue weighted by Crippen LogP contribution is -2.11. The average molecular weight is 189 g/mol. The van der Waals surface area contributed by atoms with Crippen LogP contribution >= 0.6 is 0 Å². The standard InChI is InChI=1S/C8H13F2N3/c1-5(2)6-3-8(11)13(12-6)4-7(9)10/h3,5,7H,4,11H2,1-2H3. The zero-order chi connectivity index (χ0) is 10.0. The van der Waals surface area contributed by atoms with Crippen molar-refractivity contribution in [2.24, 2.45) is 0 Å². The third-order valence-electron chi connectivity index (χ3n) is 1.73. The summed E-state index contributed by atoms with van der Waals surface area (Å²) in [5.74, 6) is 0.505. The maximum absolute atomic E-state index is 12.0. The Balaban J connectivity index is 2.83. The molecule has 2 N–H and O–H groups in total. The topological polar surface area (TPSA) is 43.8 Å². The molecule has 0 atom stereocenters. The number of rotatable bonds is 3. The molecule has 0 bridgehead atoms. The van der Waals surface area contributed by atoms with Crippen LogP contribution in [0, 0.1) is 0 Å². The number of nitrogens with two attached hydrogens (primary N) is 1. The van der Waals surface area contributed by atoms with Crippen molar-refractivity contribution in [2.45, 2.75) is 32.7 Å². The fraction of sp³-hybridized carbons (Fsp3) is 0.625. The Labute approximate surface area is 75.5 Å². The van der Waals surface area contributed by atoms with Crippen molar-refractivity contribution in [1.82, 2.24) is 9.78 Å². The van der Waals surface area contributed by atoms with Gasteiger partial charge in [0.05, 0.1) is 5.69 Å². The minimum Gasteiger partial charge on any atom is -0.384 e. The zero-order valence-electron chi connectivity index (χ0n) is 7.67. The van der Waals surface area contributed by atoms with Crippen molar-refractivity contribution >= 4 is 5.82 Å². The Bertz CT molecular complexity index is 281. The third-order valence-corrected chi connectivity index (χ3v) is 1.73. The van der Waals surface area contributed by atoms with Gasteiger partial charge in [-0.1, -0.05) is 13.8 Å². The van der Waals surface area contributed by atoms with Gasteiger partial charge in [0.1, 0.15) is 12.4 Å². The summed E-state index contributed by atoms with van der Waals surface area (Å²) in [5.41, 5.74) is 6.24. The number of aromatic nitrogens is 2. The highest BCUT2D eigenvalue weighted by atomic mass is 19.3. The van der Waals surface area contributed by atoms with Gasteiger partial charge >= 0.3 is 0 Å². The van der Waals surface area contributed by atoms with Crippen LogP contribution in [0.1, 0.15) is 25.5 Å². The van der Waals surface area contributed by atoms with Gasteiger partial charge < -0.3 is 5.73 Å². The molecular weight excluding hydrogens is 176 g/mol. The fourth-order valence-corrected chi connectivity index (χ4v) is 1.01. The second-order valence-corrected chi connectivity index (χ2v) is 3.22. The van der Waals surface area contributed by atoms with E-state index in [2.05, 4.69) is 5.10 Å². The predicted molar refractivity (Wildman–Crippen MR) is 46.7 cm³/mol. The van der Waals surface area contributed by atoms with E-state index < -0.39 is 13.0 Å². The van der Waals surface area contributed by atoms with Crippen molar-refractivity contribution in [1.29, 1.82) is 0 Å². The van der Waals surface area contributed by atoms with Crippen LogP contribution in [0.2, 0.25) is 0 Å². The number of hydrogen-bond acceptors (Lipinski definition) is 2. The van der Waals surface area contributed by atoms with Gasteiger partial charge in [0, 0.05) is 6.07 Å². The summed E-state index contributed by atoms with van der Waals surface area (Å²) in [7, 11) is 0. The first kappa shape index (κ1) is 9.95. The lowest BCUT2D eigenvalue weighted by Gasteiger charge is -2.02. The van der Waals surface area contributed by atoms with Gasteiger partial charge in [0.25, 0.3) is 6.43 Å². The number of halogens is 2. The number of hydrogen-bond donors (Lipinski definition) is 1. The largest absolute Gasteiger partial charge is 0.384 e. The van der Waals surface area contributed by atoms with Crippen LogP contribution < -0.4 is 5.73 Å². The first-order valence-electron chi connectivity index (χ1n) is 4.12. The molecule has 0 aliphatic heterocycles. The van der Waals surface area contributed by atoms with E-state index >= 15 is 0 Å². The molecule has 1 aromatic rings. The van der Waals surface area contributed by atoms with Gasteiger partial charge in [-0.2, -0.15) is 5.10 Å². The highest BCUT2D eigenvalue weighted by Gasteiger charge is 2.11. The molecular formula is C8H13F2N3. The summed E-state index contributed by atoms with van der Waals surface area (Å²) in [6.45, 7) is 3.45.